The number of carbonyl (C=O) groups excluding carboxylic acids is 1. The van der Waals surface area contributed by atoms with Crippen molar-refractivity contribution in [3.63, 3.8) is 0 Å². The summed E-state index contributed by atoms with van der Waals surface area (Å²) in [4.78, 5) is 14.7. The van der Waals surface area contributed by atoms with Crippen molar-refractivity contribution in [3.8, 4) is 0 Å². The molecule has 0 bridgehead atoms. The molecule has 2 aliphatic rings. The molecule has 1 aromatic heterocycles. The van der Waals surface area contributed by atoms with E-state index in [1.807, 2.05) is 0 Å². The maximum Gasteiger partial charge on any atom is 0.228 e. The molecule has 1 saturated carbocycles. The van der Waals surface area contributed by atoms with Crippen molar-refractivity contribution in [1.82, 2.24) is 30.8 Å². The Morgan fingerprint density at radius 3 is 2.73 bits per heavy atom. The van der Waals surface area contributed by atoms with E-state index in [0.29, 0.717) is 5.82 Å². The van der Waals surface area contributed by atoms with Crippen LogP contribution in [0.15, 0.2) is 0 Å². The van der Waals surface area contributed by atoms with E-state index in [1.54, 1.807) is 0 Å². The van der Waals surface area contributed by atoms with Gasteiger partial charge in [-0.3, -0.25) is 9.69 Å². The molecule has 2 N–H and O–H groups in total. The van der Waals surface area contributed by atoms with Gasteiger partial charge in [-0.25, -0.2) is 0 Å². The summed E-state index contributed by atoms with van der Waals surface area (Å²) in [6.07, 6.45) is 10.6. The lowest BCUT2D eigenvalue weighted by Crippen LogP contribution is -2.51. The first-order chi connectivity index (χ1) is 10.8. The van der Waals surface area contributed by atoms with Crippen molar-refractivity contribution in [3.05, 3.63) is 5.82 Å². The van der Waals surface area contributed by atoms with E-state index in [9.17, 15) is 4.79 Å². The molecule has 2 heterocycles. The molecule has 122 valence electrons. The van der Waals surface area contributed by atoms with Gasteiger partial charge in [-0.05, 0) is 32.2 Å². The van der Waals surface area contributed by atoms with Crippen LogP contribution in [-0.2, 0) is 11.2 Å². The molecule has 0 radical (unpaired) electrons. The Bertz CT molecular complexity index is 455. The standard InChI is InChI=1S/C15H26N6O/c22-15(10-14-17-19-20-18-14)16-12-6-5-9-21(11-12)13-7-3-1-2-4-8-13/h12-13H,1-11H2,(H,16,22)(H,17,18,19,20). The van der Waals surface area contributed by atoms with Gasteiger partial charge in [0.1, 0.15) is 0 Å². The summed E-state index contributed by atoms with van der Waals surface area (Å²) in [5.41, 5.74) is 0. The van der Waals surface area contributed by atoms with Gasteiger partial charge in [-0.1, -0.05) is 30.9 Å². The maximum atomic E-state index is 12.1. The van der Waals surface area contributed by atoms with Gasteiger partial charge < -0.3 is 5.32 Å². The Kier molecular flexibility index (Phi) is 5.37. The minimum absolute atomic E-state index is 0.00545. The van der Waals surface area contributed by atoms with Crippen molar-refractivity contribution in [2.45, 2.75) is 69.9 Å². The number of carbonyl (C=O) groups is 1. The monoisotopic (exact) mass is 306 g/mol. The highest BCUT2D eigenvalue weighted by molar-refractivity contribution is 5.78. The number of nitrogens with one attached hydrogen (secondary N) is 2. The fraction of sp³-hybridized carbons (Fsp3) is 0.867. The number of amides is 1. The average Bonchev–Trinajstić information content (AvgIpc) is 2.87. The number of likely N-dealkylation sites (tertiary alicyclic amines) is 1. The number of piperidine rings is 1. The molecule has 7 nitrogen and oxygen atoms in total. The first-order valence-corrected chi connectivity index (χ1v) is 8.57. The fourth-order valence-corrected chi connectivity index (χ4v) is 3.76. The number of tetrazole rings is 1. The van der Waals surface area contributed by atoms with Crippen LogP contribution in [0.2, 0.25) is 0 Å². The molecule has 1 aliphatic heterocycles. The number of H-pyrrole nitrogens is 1. The Morgan fingerprint density at radius 2 is 2.00 bits per heavy atom. The molecule has 1 unspecified atom stereocenters. The zero-order valence-electron chi connectivity index (χ0n) is 13.1. The van der Waals surface area contributed by atoms with Crippen molar-refractivity contribution >= 4 is 5.91 Å². The highest BCUT2D eigenvalue weighted by atomic mass is 16.1. The molecular weight excluding hydrogens is 280 g/mol. The van der Waals surface area contributed by atoms with Crippen LogP contribution in [0, 0.1) is 0 Å². The molecule has 2 fully saturated rings. The second kappa shape index (κ2) is 7.67. The highest BCUT2D eigenvalue weighted by Gasteiger charge is 2.27. The van der Waals surface area contributed by atoms with Crippen LogP contribution in [0.25, 0.3) is 0 Å². The zero-order chi connectivity index (χ0) is 15.2. The average molecular weight is 306 g/mol. The Morgan fingerprint density at radius 1 is 1.18 bits per heavy atom. The molecule has 1 amide bonds. The number of rotatable bonds is 4. The molecular formula is C15H26N6O. The summed E-state index contributed by atoms with van der Waals surface area (Å²) in [6, 6.07) is 0.982. The van der Waals surface area contributed by atoms with Crippen LogP contribution < -0.4 is 5.32 Å². The number of aromatic nitrogens is 4. The molecule has 1 aromatic rings. The molecule has 7 heteroatoms. The lowest BCUT2D eigenvalue weighted by molar-refractivity contribution is -0.121. The van der Waals surface area contributed by atoms with Gasteiger partial charge in [0.15, 0.2) is 5.82 Å². The van der Waals surface area contributed by atoms with Crippen LogP contribution in [0.5, 0.6) is 0 Å². The van der Waals surface area contributed by atoms with E-state index >= 15 is 0 Å². The van der Waals surface area contributed by atoms with Gasteiger partial charge in [-0.15, -0.1) is 10.2 Å². The first kappa shape index (κ1) is 15.4. The number of hydrogen-bond donors (Lipinski definition) is 2. The molecule has 3 rings (SSSR count). The summed E-state index contributed by atoms with van der Waals surface area (Å²) in [5.74, 6) is 0.447. The second-order valence-electron chi connectivity index (χ2n) is 6.55. The number of hydrogen-bond acceptors (Lipinski definition) is 5. The zero-order valence-corrected chi connectivity index (χ0v) is 13.1. The molecule has 1 atom stereocenters. The minimum atomic E-state index is -0.00545. The van der Waals surface area contributed by atoms with Gasteiger partial charge >= 0.3 is 0 Å². The van der Waals surface area contributed by atoms with Gasteiger partial charge in [0.25, 0.3) is 0 Å². The topological polar surface area (TPSA) is 86.8 Å². The van der Waals surface area contributed by atoms with Crippen LogP contribution in [0.1, 0.15) is 57.2 Å². The largest absolute Gasteiger partial charge is 0.352 e. The predicted molar refractivity (Wildman–Crippen MR) is 82.1 cm³/mol. The highest BCUT2D eigenvalue weighted by Crippen LogP contribution is 2.24. The van der Waals surface area contributed by atoms with E-state index in [0.717, 1.165) is 19.0 Å². The first-order valence-electron chi connectivity index (χ1n) is 8.57. The third kappa shape index (κ3) is 4.25. The Labute approximate surface area is 131 Å². The number of nitrogens with zero attached hydrogens (tertiary/aromatic N) is 4. The van der Waals surface area contributed by atoms with Crippen molar-refractivity contribution in [2.75, 3.05) is 13.1 Å². The predicted octanol–water partition coefficient (Wildman–Crippen LogP) is 1.05. The fourth-order valence-electron chi connectivity index (χ4n) is 3.76. The SMILES string of the molecule is O=C(Cc1nn[nH]n1)NC1CCCN(C2CCCCCC2)C1. The van der Waals surface area contributed by atoms with E-state index < -0.39 is 0 Å². The minimum Gasteiger partial charge on any atom is -0.352 e. The third-order valence-electron chi connectivity index (χ3n) is 4.87. The number of aromatic amines is 1. The van der Waals surface area contributed by atoms with Crippen molar-refractivity contribution in [1.29, 1.82) is 0 Å². The van der Waals surface area contributed by atoms with Gasteiger partial charge in [0.2, 0.25) is 5.91 Å². The van der Waals surface area contributed by atoms with Gasteiger partial charge in [0.05, 0.1) is 6.42 Å². The maximum absolute atomic E-state index is 12.1. The molecule has 0 aromatic carbocycles. The Hall–Kier alpha value is -1.50. The molecule has 0 spiro atoms. The van der Waals surface area contributed by atoms with Crippen molar-refractivity contribution in [2.24, 2.45) is 0 Å². The van der Waals surface area contributed by atoms with E-state index in [2.05, 4.69) is 30.8 Å². The quantitative estimate of drug-likeness (QED) is 0.812. The molecule has 1 aliphatic carbocycles. The van der Waals surface area contributed by atoms with Gasteiger partial charge in [0, 0.05) is 18.6 Å². The van der Waals surface area contributed by atoms with E-state index in [1.165, 1.54) is 51.5 Å². The van der Waals surface area contributed by atoms with Crippen LogP contribution in [0.3, 0.4) is 0 Å². The molecule has 22 heavy (non-hydrogen) atoms. The van der Waals surface area contributed by atoms with Crippen LogP contribution in [0.4, 0.5) is 0 Å². The second-order valence-corrected chi connectivity index (χ2v) is 6.55. The Balaban J connectivity index is 1.48. The summed E-state index contributed by atoms with van der Waals surface area (Å²) in [6.45, 7) is 2.17. The van der Waals surface area contributed by atoms with E-state index in [-0.39, 0.29) is 18.4 Å². The van der Waals surface area contributed by atoms with E-state index in [4.69, 9.17) is 0 Å². The summed E-state index contributed by atoms with van der Waals surface area (Å²) in [7, 11) is 0. The third-order valence-corrected chi connectivity index (χ3v) is 4.87. The summed E-state index contributed by atoms with van der Waals surface area (Å²) < 4.78 is 0. The smallest absolute Gasteiger partial charge is 0.228 e. The summed E-state index contributed by atoms with van der Waals surface area (Å²) >= 11 is 0. The van der Waals surface area contributed by atoms with Crippen LogP contribution >= 0.6 is 0 Å². The van der Waals surface area contributed by atoms with Gasteiger partial charge in [-0.2, -0.15) is 5.21 Å². The molecule has 1 saturated heterocycles. The lowest BCUT2D eigenvalue weighted by atomic mass is 10.00. The normalized spacial score (nSPS) is 24.8. The van der Waals surface area contributed by atoms with Crippen LogP contribution in [-0.4, -0.2) is 56.6 Å². The summed E-state index contributed by atoms with van der Waals surface area (Å²) in [5, 5.41) is 16.7. The van der Waals surface area contributed by atoms with Crippen molar-refractivity contribution < 1.29 is 4.79 Å². The lowest BCUT2D eigenvalue weighted by Gasteiger charge is -2.38.